The molecule has 0 heterocycles. The van der Waals surface area contributed by atoms with Crippen LogP contribution in [0.4, 0.5) is 5.69 Å². The standard InChI is InChI=1S/C17H26N2O/c1-2-16(14-9-5-3-6-10-14)18-13-17(20)19-15-11-7-4-8-12-15/h4,7-8,11-12,14,16,18H,2-3,5-6,9-10,13H2,1H3,(H,19,20). The van der Waals surface area contributed by atoms with E-state index in [9.17, 15) is 4.79 Å². The number of carbonyl (C=O) groups excluding carboxylic acids is 1. The Balaban J connectivity index is 1.76. The summed E-state index contributed by atoms with van der Waals surface area (Å²) < 4.78 is 0. The van der Waals surface area contributed by atoms with E-state index in [-0.39, 0.29) is 5.91 Å². The summed E-state index contributed by atoms with van der Waals surface area (Å²) in [5.41, 5.74) is 0.866. The molecule has 0 radical (unpaired) electrons. The van der Waals surface area contributed by atoms with Gasteiger partial charge in [-0.15, -0.1) is 0 Å². The van der Waals surface area contributed by atoms with Gasteiger partial charge < -0.3 is 10.6 Å². The van der Waals surface area contributed by atoms with Gasteiger partial charge in [0.25, 0.3) is 0 Å². The van der Waals surface area contributed by atoms with Crippen molar-refractivity contribution in [3.8, 4) is 0 Å². The number of benzene rings is 1. The van der Waals surface area contributed by atoms with Crippen molar-refractivity contribution in [1.29, 1.82) is 0 Å². The van der Waals surface area contributed by atoms with Crippen LogP contribution in [0.15, 0.2) is 30.3 Å². The topological polar surface area (TPSA) is 41.1 Å². The highest BCUT2D eigenvalue weighted by Gasteiger charge is 2.22. The van der Waals surface area contributed by atoms with E-state index in [0.717, 1.165) is 18.0 Å². The Morgan fingerprint density at radius 1 is 1.20 bits per heavy atom. The molecule has 1 aromatic rings. The van der Waals surface area contributed by atoms with Crippen molar-refractivity contribution in [3.05, 3.63) is 30.3 Å². The Morgan fingerprint density at radius 3 is 2.55 bits per heavy atom. The Bertz CT molecular complexity index is 399. The van der Waals surface area contributed by atoms with Gasteiger partial charge >= 0.3 is 0 Å². The fourth-order valence-corrected chi connectivity index (χ4v) is 3.13. The van der Waals surface area contributed by atoms with Gasteiger partial charge in [0.1, 0.15) is 0 Å². The van der Waals surface area contributed by atoms with Gasteiger partial charge in [-0.25, -0.2) is 0 Å². The molecule has 1 unspecified atom stereocenters. The molecule has 0 spiro atoms. The van der Waals surface area contributed by atoms with Crippen molar-refractivity contribution in [1.82, 2.24) is 5.32 Å². The molecule has 20 heavy (non-hydrogen) atoms. The molecule has 1 atom stereocenters. The van der Waals surface area contributed by atoms with E-state index in [4.69, 9.17) is 0 Å². The number of para-hydroxylation sites is 1. The number of anilines is 1. The molecule has 3 heteroatoms. The molecule has 1 fully saturated rings. The van der Waals surface area contributed by atoms with Crippen LogP contribution in [0.1, 0.15) is 45.4 Å². The van der Waals surface area contributed by atoms with Gasteiger partial charge in [0.05, 0.1) is 6.54 Å². The van der Waals surface area contributed by atoms with Crippen molar-refractivity contribution in [2.45, 2.75) is 51.5 Å². The Hall–Kier alpha value is -1.35. The van der Waals surface area contributed by atoms with Gasteiger partial charge in [-0.1, -0.05) is 44.4 Å². The van der Waals surface area contributed by atoms with E-state index in [2.05, 4.69) is 17.6 Å². The van der Waals surface area contributed by atoms with Gasteiger partial charge in [-0.05, 0) is 37.3 Å². The van der Waals surface area contributed by atoms with Crippen LogP contribution < -0.4 is 10.6 Å². The maximum atomic E-state index is 11.9. The molecule has 110 valence electrons. The van der Waals surface area contributed by atoms with Crippen molar-refractivity contribution < 1.29 is 4.79 Å². The van der Waals surface area contributed by atoms with Crippen LogP contribution in [0.25, 0.3) is 0 Å². The fourth-order valence-electron chi connectivity index (χ4n) is 3.13. The summed E-state index contributed by atoms with van der Waals surface area (Å²) in [5, 5.41) is 6.37. The van der Waals surface area contributed by atoms with E-state index >= 15 is 0 Å². The van der Waals surface area contributed by atoms with E-state index in [1.807, 2.05) is 30.3 Å². The van der Waals surface area contributed by atoms with Crippen molar-refractivity contribution in [2.75, 3.05) is 11.9 Å². The number of carbonyl (C=O) groups is 1. The van der Waals surface area contributed by atoms with Crippen molar-refractivity contribution in [3.63, 3.8) is 0 Å². The molecule has 1 aliphatic rings. The number of amides is 1. The third-order valence-corrected chi connectivity index (χ3v) is 4.24. The lowest BCUT2D eigenvalue weighted by atomic mass is 9.83. The summed E-state index contributed by atoms with van der Waals surface area (Å²) in [4.78, 5) is 11.9. The van der Waals surface area contributed by atoms with Gasteiger partial charge in [-0.2, -0.15) is 0 Å². The predicted molar refractivity (Wildman–Crippen MR) is 83.7 cm³/mol. The van der Waals surface area contributed by atoms with Crippen LogP contribution in [-0.4, -0.2) is 18.5 Å². The highest BCUT2D eigenvalue weighted by molar-refractivity contribution is 5.92. The molecular weight excluding hydrogens is 248 g/mol. The van der Waals surface area contributed by atoms with Crippen LogP contribution in [-0.2, 0) is 4.79 Å². The fraction of sp³-hybridized carbons (Fsp3) is 0.588. The quantitative estimate of drug-likeness (QED) is 0.832. The van der Waals surface area contributed by atoms with Crippen LogP contribution in [0.3, 0.4) is 0 Å². The first-order valence-corrected chi connectivity index (χ1v) is 7.88. The molecule has 1 aromatic carbocycles. The first-order chi connectivity index (χ1) is 9.79. The minimum Gasteiger partial charge on any atom is -0.325 e. The van der Waals surface area contributed by atoms with E-state index in [1.165, 1.54) is 32.1 Å². The predicted octanol–water partition coefficient (Wildman–Crippen LogP) is 3.57. The number of hydrogen-bond donors (Lipinski definition) is 2. The molecule has 1 saturated carbocycles. The second kappa shape index (κ2) is 8.05. The molecule has 1 aliphatic carbocycles. The van der Waals surface area contributed by atoms with E-state index in [1.54, 1.807) is 0 Å². The van der Waals surface area contributed by atoms with Gasteiger partial charge in [0.2, 0.25) is 5.91 Å². The van der Waals surface area contributed by atoms with Crippen LogP contribution in [0, 0.1) is 5.92 Å². The summed E-state index contributed by atoms with van der Waals surface area (Å²) in [7, 11) is 0. The van der Waals surface area contributed by atoms with E-state index < -0.39 is 0 Å². The second-order valence-corrected chi connectivity index (χ2v) is 5.71. The highest BCUT2D eigenvalue weighted by atomic mass is 16.1. The molecule has 2 N–H and O–H groups in total. The maximum Gasteiger partial charge on any atom is 0.238 e. The monoisotopic (exact) mass is 274 g/mol. The molecule has 1 amide bonds. The minimum atomic E-state index is 0.0467. The average Bonchev–Trinajstić information content (AvgIpc) is 2.50. The lowest BCUT2D eigenvalue weighted by Gasteiger charge is -2.30. The summed E-state index contributed by atoms with van der Waals surface area (Å²) in [6.07, 6.45) is 7.79. The Kier molecular flexibility index (Phi) is 6.06. The van der Waals surface area contributed by atoms with Crippen molar-refractivity contribution >= 4 is 11.6 Å². The first-order valence-electron chi connectivity index (χ1n) is 7.88. The minimum absolute atomic E-state index is 0.0467. The molecular formula is C17H26N2O. The molecule has 2 rings (SSSR count). The van der Waals surface area contributed by atoms with Gasteiger partial charge in [0, 0.05) is 11.7 Å². The third-order valence-electron chi connectivity index (χ3n) is 4.24. The molecule has 0 aromatic heterocycles. The van der Waals surface area contributed by atoms with Gasteiger partial charge in [0.15, 0.2) is 0 Å². The summed E-state index contributed by atoms with van der Waals surface area (Å²) in [6, 6.07) is 10.1. The van der Waals surface area contributed by atoms with Crippen LogP contribution >= 0.6 is 0 Å². The number of hydrogen-bond acceptors (Lipinski definition) is 2. The van der Waals surface area contributed by atoms with Crippen LogP contribution in [0.2, 0.25) is 0 Å². The third kappa shape index (κ3) is 4.64. The largest absolute Gasteiger partial charge is 0.325 e. The zero-order valence-corrected chi connectivity index (χ0v) is 12.4. The SMILES string of the molecule is CCC(NCC(=O)Nc1ccccc1)C1CCCCC1. The molecule has 0 saturated heterocycles. The Labute approximate surface area is 122 Å². The van der Waals surface area contributed by atoms with E-state index in [0.29, 0.717) is 12.6 Å². The summed E-state index contributed by atoms with van der Waals surface area (Å²) >= 11 is 0. The highest BCUT2D eigenvalue weighted by Crippen LogP contribution is 2.27. The number of nitrogens with one attached hydrogen (secondary N) is 2. The average molecular weight is 274 g/mol. The number of rotatable bonds is 6. The van der Waals surface area contributed by atoms with Crippen LogP contribution in [0.5, 0.6) is 0 Å². The van der Waals surface area contributed by atoms with Gasteiger partial charge in [-0.3, -0.25) is 4.79 Å². The second-order valence-electron chi connectivity index (χ2n) is 5.71. The van der Waals surface area contributed by atoms with Crippen molar-refractivity contribution in [2.24, 2.45) is 5.92 Å². The smallest absolute Gasteiger partial charge is 0.238 e. The maximum absolute atomic E-state index is 11.9. The normalized spacial score (nSPS) is 17.6. The molecule has 0 aliphatic heterocycles. The first kappa shape index (κ1) is 15.0. The zero-order chi connectivity index (χ0) is 14.2. The zero-order valence-electron chi connectivity index (χ0n) is 12.4. The molecule has 0 bridgehead atoms. The lowest BCUT2D eigenvalue weighted by Crippen LogP contribution is -2.41. The summed E-state index contributed by atoms with van der Waals surface area (Å²) in [6.45, 7) is 2.62. The lowest BCUT2D eigenvalue weighted by molar-refractivity contribution is -0.115. The summed E-state index contributed by atoms with van der Waals surface area (Å²) in [5.74, 6) is 0.795. The molecule has 3 nitrogen and oxygen atoms in total. The Morgan fingerprint density at radius 2 is 1.90 bits per heavy atom.